The van der Waals surface area contributed by atoms with Gasteiger partial charge in [-0.25, -0.2) is 0 Å². The second-order valence-electron chi connectivity index (χ2n) is 5.02. The lowest BCUT2D eigenvalue weighted by molar-refractivity contribution is -0.121. The quantitative estimate of drug-likeness (QED) is 0.722. The number of hydrogen-bond acceptors (Lipinski definition) is 4. The van der Waals surface area contributed by atoms with Crippen molar-refractivity contribution in [2.45, 2.75) is 26.0 Å². The van der Waals surface area contributed by atoms with Crippen LogP contribution >= 0.6 is 12.6 Å². The normalized spacial score (nSPS) is 12.0. The topological polar surface area (TPSA) is 41.6 Å². The number of carbonyl (C=O) groups is 1. The predicted octanol–water partition coefficient (Wildman–Crippen LogP) is 2.09. The molecule has 0 saturated carbocycles. The summed E-state index contributed by atoms with van der Waals surface area (Å²) in [5.41, 5.74) is 2.30. The number of ether oxygens (including phenoxy) is 1. The van der Waals surface area contributed by atoms with Crippen LogP contribution in [0.4, 0.5) is 5.69 Å². The molecule has 5 heteroatoms. The molecule has 1 amide bonds. The van der Waals surface area contributed by atoms with Crippen molar-refractivity contribution in [1.82, 2.24) is 5.32 Å². The average Bonchev–Trinajstić information content (AvgIpc) is 2.39. The van der Waals surface area contributed by atoms with Crippen LogP contribution < -0.4 is 10.2 Å². The van der Waals surface area contributed by atoms with E-state index in [9.17, 15) is 4.79 Å². The fourth-order valence-corrected chi connectivity index (χ4v) is 1.94. The molecule has 0 heterocycles. The minimum Gasteiger partial charge on any atom is -0.378 e. The number of amides is 1. The number of nitrogens with one attached hydrogen (secondary N) is 1. The fraction of sp³-hybridized carbons (Fsp3) is 0.533. The first kappa shape index (κ1) is 16.9. The van der Waals surface area contributed by atoms with Crippen LogP contribution in [0, 0.1) is 0 Å². The van der Waals surface area contributed by atoms with Gasteiger partial charge in [-0.1, -0.05) is 12.1 Å². The third-order valence-electron chi connectivity index (χ3n) is 2.84. The van der Waals surface area contributed by atoms with Gasteiger partial charge in [-0.15, -0.1) is 0 Å². The van der Waals surface area contributed by atoms with Crippen LogP contribution in [0.15, 0.2) is 24.3 Å². The lowest BCUT2D eigenvalue weighted by atomic mass is 10.2. The van der Waals surface area contributed by atoms with Crippen molar-refractivity contribution >= 4 is 24.2 Å². The van der Waals surface area contributed by atoms with E-state index in [0.717, 1.165) is 5.56 Å². The minimum atomic E-state index is 0.0171. The van der Waals surface area contributed by atoms with Gasteiger partial charge < -0.3 is 15.0 Å². The Hall–Kier alpha value is -1.20. The maximum atomic E-state index is 11.4. The number of anilines is 1. The van der Waals surface area contributed by atoms with E-state index in [1.165, 1.54) is 5.69 Å². The van der Waals surface area contributed by atoms with Gasteiger partial charge in [0, 0.05) is 32.2 Å². The summed E-state index contributed by atoms with van der Waals surface area (Å²) < 4.78 is 5.61. The van der Waals surface area contributed by atoms with E-state index >= 15 is 0 Å². The van der Waals surface area contributed by atoms with Crippen LogP contribution in [-0.4, -0.2) is 38.4 Å². The first-order valence-electron chi connectivity index (χ1n) is 6.77. The molecule has 0 fully saturated rings. The maximum absolute atomic E-state index is 11.4. The molecule has 1 aromatic carbocycles. The van der Waals surface area contributed by atoms with Crippen molar-refractivity contribution in [2.75, 3.05) is 31.4 Å². The Morgan fingerprint density at radius 2 is 2.00 bits per heavy atom. The SMILES string of the molecule is CC(COCc1ccc(N(C)C)cc1)NC(=O)CCS. The molecule has 0 aromatic heterocycles. The Morgan fingerprint density at radius 1 is 1.35 bits per heavy atom. The van der Waals surface area contributed by atoms with Crippen LogP contribution in [0.2, 0.25) is 0 Å². The van der Waals surface area contributed by atoms with Crippen molar-refractivity contribution in [1.29, 1.82) is 0 Å². The second-order valence-corrected chi connectivity index (χ2v) is 5.47. The Bertz CT molecular complexity index is 407. The van der Waals surface area contributed by atoms with Crippen LogP contribution in [0.25, 0.3) is 0 Å². The number of thiol groups is 1. The van der Waals surface area contributed by atoms with Gasteiger partial charge in [0.2, 0.25) is 5.91 Å². The molecule has 4 nitrogen and oxygen atoms in total. The summed E-state index contributed by atoms with van der Waals surface area (Å²) in [4.78, 5) is 13.4. The van der Waals surface area contributed by atoms with Gasteiger partial charge in [-0.05, 0) is 30.4 Å². The largest absolute Gasteiger partial charge is 0.378 e. The number of hydrogen-bond donors (Lipinski definition) is 2. The third kappa shape index (κ3) is 6.30. The number of rotatable bonds is 8. The van der Waals surface area contributed by atoms with E-state index in [2.05, 4.69) is 47.1 Å². The van der Waals surface area contributed by atoms with Gasteiger partial charge in [0.25, 0.3) is 0 Å². The Balaban J connectivity index is 2.28. The van der Waals surface area contributed by atoms with E-state index in [1.54, 1.807) is 0 Å². The molecule has 0 aliphatic rings. The molecule has 112 valence electrons. The summed E-state index contributed by atoms with van der Waals surface area (Å²) in [6, 6.07) is 8.26. The van der Waals surface area contributed by atoms with Crippen LogP contribution in [0.3, 0.4) is 0 Å². The summed E-state index contributed by atoms with van der Waals surface area (Å²) in [7, 11) is 4.03. The van der Waals surface area contributed by atoms with Crippen LogP contribution in [-0.2, 0) is 16.1 Å². The molecule has 1 atom stereocenters. The van der Waals surface area contributed by atoms with E-state index in [-0.39, 0.29) is 11.9 Å². The molecule has 0 radical (unpaired) electrons. The highest BCUT2D eigenvalue weighted by molar-refractivity contribution is 7.80. The first-order chi connectivity index (χ1) is 9.52. The van der Waals surface area contributed by atoms with Gasteiger partial charge in [0.1, 0.15) is 0 Å². The lowest BCUT2D eigenvalue weighted by Crippen LogP contribution is -2.35. The fourth-order valence-electron chi connectivity index (χ4n) is 1.73. The summed E-state index contributed by atoms with van der Waals surface area (Å²) >= 11 is 4.03. The van der Waals surface area contributed by atoms with E-state index in [1.807, 2.05) is 21.0 Å². The summed E-state index contributed by atoms with van der Waals surface area (Å²) in [5, 5.41) is 2.87. The molecular weight excluding hydrogens is 272 g/mol. The summed E-state index contributed by atoms with van der Waals surface area (Å²) in [6.45, 7) is 3.00. The molecule has 20 heavy (non-hydrogen) atoms. The molecule has 0 bridgehead atoms. The molecule has 1 aromatic rings. The zero-order valence-electron chi connectivity index (χ0n) is 12.4. The van der Waals surface area contributed by atoms with Gasteiger partial charge in [-0.3, -0.25) is 4.79 Å². The number of nitrogens with zero attached hydrogens (tertiary/aromatic N) is 1. The Morgan fingerprint density at radius 3 is 2.55 bits per heavy atom. The van der Waals surface area contributed by atoms with E-state index < -0.39 is 0 Å². The predicted molar refractivity (Wildman–Crippen MR) is 86.5 cm³/mol. The lowest BCUT2D eigenvalue weighted by Gasteiger charge is -2.15. The van der Waals surface area contributed by atoms with Crippen LogP contribution in [0.1, 0.15) is 18.9 Å². The molecule has 1 unspecified atom stereocenters. The molecule has 0 aliphatic carbocycles. The number of carbonyl (C=O) groups excluding carboxylic acids is 1. The molecular formula is C15H24N2O2S. The number of benzene rings is 1. The highest BCUT2D eigenvalue weighted by Crippen LogP contribution is 2.12. The van der Waals surface area contributed by atoms with Crippen molar-refractivity contribution in [3.05, 3.63) is 29.8 Å². The molecule has 0 aliphatic heterocycles. The van der Waals surface area contributed by atoms with Crippen LogP contribution in [0.5, 0.6) is 0 Å². The highest BCUT2D eigenvalue weighted by atomic mass is 32.1. The summed E-state index contributed by atoms with van der Waals surface area (Å²) in [5.74, 6) is 0.587. The highest BCUT2D eigenvalue weighted by Gasteiger charge is 2.06. The van der Waals surface area contributed by atoms with Gasteiger partial charge in [0.05, 0.1) is 13.2 Å². The van der Waals surface area contributed by atoms with E-state index in [0.29, 0.717) is 25.4 Å². The van der Waals surface area contributed by atoms with Gasteiger partial charge in [0.15, 0.2) is 0 Å². The zero-order chi connectivity index (χ0) is 15.0. The zero-order valence-corrected chi connectivity index (χ0v) is 13.3. The molecule has 0 saturated heterocycles. The minimum absolute atomic E-state index is 0.0171. The average molecular weight is 296 g/mol. The standard InChI is InChI=1S/C15H24N2O2S/c1-12(16-15(18)8-9-20)10-19-11-13-4-6-14(7-5-13)17(2)3/h4-7,12,20H,8-11H2,1-3H3,(H,16,18). The van der Waals surface area contributed by atoms with Crippen molar-refractivity contribution < 1.29 is 9.53 Å². The monoisotopic (exact) mass is 296 g/mol. The smallest absolute Gasteiger partial charge is 0.221 e. The Kier molecular flexibility index (Phi) is 7.47. The molecule has 0 spiro atoms. The second kappa shape index (κ2) is 8.87. The maximum Gasteiger partial charge on any atom is 0.221 e. The van der Waals surface area contributed by atoms with Crippen molar-refractivity contribution in [3.8, 4) is 0 Å². The molecule has 1 N–H and O–H groups in total. The first-order valence-corrected chi connectivity index (χ1v) is 7.40. The van der Waals surface area contributed by atoms with Gasteiger partial charge in [-0.2, -0.15) is 12.6 Å². The van der Waals surface area contributed by atoms with E-state index in [4.69, 9.17) is 4.74 Å². The van der Waals surface area contributed by atoms with Gasteiger partial charge >= 0.3 is 0 Å². The Labute approximate surface area is 126 Å². The molecule has 1 rings (SSSR count). The van der Waals surface area contributed by atoms with Crippen molar-refractivity contribution in [2.24, 2.45) is 0 Å². The summed E-state index contributed by atoms with van der Waals surface area (Å²) in [6.07, 6.45) is 0.444. The van der Waals surface area contributed by atoms with Crippen molar-refractivity contribution in [3.63, 3.8) is 0 Å². The third-order valence-corrected chi connectivity index (χ3v) is 3.06.